The number of rotatable bonds is 9. The van der Waals surface area contributed by atoms with Crippen LogP contribution < -0.4 is 5.32 Å². The van der Waals surface area contributed by atoms with Gasteiger partial charge in [0.2, 0.25) is 0 Å². The van der Waals surface area contributed by atoms with Gasteiger partial charge in [-0.15, -0.1) is 0 Å². The lowest BCUT2D eigenvalue weighted by Gasteiger charge is -2.09. The molecule has 0 aliphatic carbocycles. The van der Waals surface area contributed by atoms with Gasteiger partial charge in [0, 0.05) is 31.4 Å². The summed E-state index contributed by atoms with van der Waals surface area (Å²) in [5.74, 6) is 0.688. The Hall–Kier alpha value is -1.32. The number of ether oxygens (including phenoxy) is 1. The van der Waals surface area contributed by atoms with Crippen molar-refractivity contribution in [3.8, 4) is 0 Å². The molecule has 0 aliphatic rings. The van der Waals surface area contributed by atoms with Crippen LogP contribution in [-0.4, -0.2) is 24.3 Å². The molecule has 2 rings (SSSR count). The highest BCUT2D eigenvalue weighted by atomic mass is 16.5. The van der Waals surface area contributed by atoms with Gasteiger partial charge >= 0.3 is 0 Å². The SMILES string of the molecule is CCCOCCn1ccc2ccc(CNCC(C)C)cc21. The Morgan fingerprint density at radius 1 is 1.19 bits per heavy atom. The monoisotopic (exact) mass is 288 g/mol. The largest absolute Gasteiger partial charge is 0.380 e. The summed E-state index contributed by atoms with van der Waals surface area (Å²) in [5.41, 5.74) is 2.65. The molecule has 116 valence electrons. The molecule has 21 heavy (non-hydrogen) atoms. The predicted molar refractivity (Wildman–Crippen MR) is 89.6 cm³/mol. The van der Waals surface area contributed by atoms with Gasteiger partial charge < -0.3 is 14.6 Å². The number of nitrogens with one attached hydrogen (secondary N) is 1. The standard InChI is InChI=1S/C18H28N2O/c1-4-10-21-11-9-20-8-7-17-6-5-16(12-18(17)20)14-19-13-15(2)3/h5-8,12,15,19H,4,9-11,13-14H2,1-3H3. The molecule has 1 aromatic heterocycles. The highest BCUT2D eigenvalue weighted by Gasteiger charge is 2.03. The van der Waals surface area contributed by atoms with Crippen molar-refractivity contribution in [1.82, 2.24) is 9.88 Å². The molecular weight excluding hydrogens is 260 g/mol. The van der Waals surface area contributed by atoms with Crippen molar-refractivity contribution in [1.29, 1.82) is 0 Å². The predicted octanol–water partition coefficient (Wildman–Crippen LogP) is 3.81. The van der Waals surface area contributed by atoms with E-state index in [0.29, 0.717) is 5.92 Å². The second-order valence-corrected chi connectivity index (χ2v) is 6.04. The van der Waals surface area contributed by atoms with Gasteiger partial charge in [0.05, 0.1) is 6.61 Å². The molecule has 0 saturated heterocycles. The quantitative estimate of drug-likeness (QED) is 0.710. The van der Waals surface area contributed by atoms with Gasteiger partial charge in [-0.3, -0.25) is 0 Å². The highest BCUT2D eigenvalue weighted by molar-refractivity contribution is 5.80. The first-order valence-electron chi connectivity index (χ1n) is 8.07. The van der Waals surface area contributed by atoms with Crippen molar-refractivity contribution in [2.24, 2.45) is 5.92 Å². The first-order valence-corrected chi connectivity index (χ1v) is 8.07. The molecule has 0 atom stereocenters. The van der Waals surface area contributed by atoms with Crippen LogP contribution in [0.5, 0.6) is 0 Å². The number of fused-ring (bicyclic) bond motifs is 1. The number of aromatic nitrogens is 1. The topological polar surface area (TPSA) is 26.2 Å². The fourth-order valence-corrected chi connectivity index (χ4v) is 2.45. The van der Waals surface area contributed by atoms with Crippen LogP contribution in [0.1, 0.15) is 32.8 Å². The number of hydrogen-bond donors (Lipinski definition) is 1. The lowest BCUT2D eigenvalue weighted by Crippen LogP contribution is -2.18. The number of nitrogens with zero attached hydrogens (tertiary/aromatic N) is 1. The van der Waals surface area contributed by atoms with Crippen molar-refractivity contribution in [2.45, 2.75) is 40.3 Å². The summed E-state index contributed by atoms with van der Waals surface area (Å²) in [6.45, 7) is 11.2. The Morgan fingerprint density at radius 3 is 2.81 bits per heavy atom. The van der Waals surface area contributed by atoms with E-state index in [0.717, 1.165) is 39.3 Å². The average molecular weight is 288 g/mol. The van der Waals surface area contributed by atoms with Crippen LogP contribution in [0.4, 0.5) is 0 Å². The van der Waals surface area contributed by atoms with Crippen LogP contribution in [0.2, 0.25) is 0 Å². The van der Waals surface area contributed by atoms with E-state index >= 15 is 0 Å². The summed E-state index contributed by atoms with van der Waals surface area (Å²) < 4.78 is 7.88. The first kappa shape index (κ1) is 16.1. The molecule has 0 spiro atoms. The maximum absolute atomic E-state index is 5.59. The Bertz CT molecular complexity index is 545. The molecule has 2 aromatic rings. The summed E-state index contributed by atoms with van der Waals surface area (Å²) in [6, 6.07) is 8.90. The van der Waals surface area contributed by atoms with Gasteiger partial charge in [-0.05, 0) is 42.0 Å². The first-order chi connectivity index (χ1) is 10.2. The Balaban J connectivity index is 1.99. The lowest BCUT2D eigenvalue weighted by atomic mass is 10.1. The van der Waals surface area contributed by atoms with E-state index in [1.165, 1.54) is 16.5 Å². The van der Waals surface area contributed by atoms with Gasteiger partial charge in [0.1, 0.15) is 0 Å². The third-order valence-corrected chi connectivity index (χ3v) is 3.55. The van der Waals surface area contributed by atoms with Gasteiger partial charge in [-0.2, -0.15) is 0 Å². The van der Waals surface area contributed by atoms with Crippen LogP contribution in [0, 0.1) is 5.92 Å². The summed E-state index contributed by atoms with van der Waals surface area (Å²) in [6.07, 6.45) is 3.24. The molecule has 0 radical (unpaired) electrons. The minimum absolute atomic E-state index is 0.688. The van der Waals surface area contributed by atoms with Crippen LogP contribution in [-0.2, 0) is 17.8 Å². The molecule has 3 heteroatoms. The van der Waals surface area contributed by atoms with E-state index in [4.69, 9.17) is 4.74 Å². The average Bonchev–Trinajstić information content (AvgIpc) is 2.86. The highest BCUT2D eigenvalue weighted by Crippen LogP contribution is 2.18. The second-order valence-electron chi connectivity index (χ2n) is 6.04. The number of hydrogen-bond acceptors (Lipinski definition) is 2. The summed E-state index contributed by atoms with van der Waals surface area (Å²) in [4.78, 5) is 0. The van der Waals surface area contributed by atoms with Crippen molar-refractivity contribution >= 4 is 10.9 Å². The van der Waals surface area contributed by atoms with Crippen LogP contribution in [0.3, 0.4) is 0 Å². The molecule has 1 heterocycles. The Morgan fingerprint density at radius 2 is 2.05 bits per heavy atom. The Kier molecular flexibility index (Phi) is 6.27. The van der Waals surface area contributed by atoms with E-state index in [-0.39, 0.29) is 0 Å². The van der Waals surface area contributed by atoms with Crippen molar-refractivity contribution in [3.05, 3.63) is 36.0 Å². The summed E-state index contributed by atoms with van der Waals surface area (Å²) in [5, 5.41) is 4.81. The molecule has 0 aliphatic heterocycles. The molecule has 0 amide bonds. The smallest absolute Gasteiger partial charge is 0.0645 e. The zero-order valence-corrected chi connectivity index (χ0v) is 13.6. The van der Waals surface area contributed by atoms with Gasteiger partial charge in [-0.25, -0.2) is 0 Å². The van der Waals surface area contributed by atoms with Crippen LogP contribution >= 0.6 is 0 Å². The van der Waals surface area contributed by atoms with E-state index in [1.54, 1.807) is 0 Å². The minimum atomic E-state index is 0.688. The van der Waals surface area contributed by atoms with Gasteiger partial charge in [0.25, 0.3) is 0 Å². The van der Waals surface area contributed by atoms with Crippen molar-refractivity contribution in [3.63, 3.8) is 0 Å². The minimum Gasteiger partial charge on any atom is -0.380 e. The zero-order valence-electron chi connectivity index (χ0n) is 13.6. The van der Waals surface area contributed by atoms with E-state index in [9.17, 15) is 0 Å². The summed E-state index contributed by atoms with van der Waals surface area (Å²) in [7, 11) is 0. The maximum Gasteiger partial charge on any atom is 0.0645 e. The van der Waals surface area contributed by atoms with Crippen molar-refractivity contribution in [2.75, 3.05) is 19.8 Å². The molecule has 0 fully saturated rings. The van der Waals surface area contributed by atoms with Crippen LogP contribution in [0.25, 0.3) is 10.9 Å². The van der Waals surface area contributed by atoms with Crippen LogP contribution in [0.15, 0.2) is 30.5 Å². The molecule has 0 unspecified atom stereocenters. The van der Waals surface area contributed by atoms with E-state index in [2.05, 4.69) is 61.1 Å². The second kappa shape index (κ2) is 8.20. The number of benzene rings is 1. The van der Waals surface area contributed by atoms with E-state index in [1.807, 2.05) is 0 Å². The molecule has 0 saturated carbocycles. The molecule has 0 bridgehead atoms. The molecular formula is C18H28N2O. The van der Waals surface area contributed by atoms with Gasteiger partial charge in [0.15, 0.2) is 0 Å². The van der Waals surface area contributed by atoms with Gasteiger partial charge in [-0.1, -0.05) is 32.9 Å². The fraction of sp³-hybridized carbons (Fsp3) is 0.556. The Labute approximate surface area is 128 Å². The maximum atomic E-state index is 5.59. The third-order valence-electron chi connectivity index (χ3n) is 3.55. The fourth-order valence-electron chi connectivity index (χ4n) is 2.45. The molecule has 1 N–H and O–H groups in total. The molecule has 1 aromatic carbocycles. The molecule has 3 nitrogen and oxygen atoms in total. The zero-order chi connectivity index (χ0) is 15.1. The van der Waals surface area contributed by atoms with E-state index < -0.39 is 0 Å². The summed E-state index contributed by atoms with van der Waals surface area (Å²) >= 11 is 0. The normalized spacial score (nSPS) is 11.6. The lowest BCUT2D eigenvalue weighted by molar-refractivity contribution is 0.127. The third kappa shape index (κ3) is 4.87. The van der Waals surface area contributed by atoms with Crippen molar-refractivity contribution < 1.29 is 4.74 Å².